The standard InChI is InChI=1S/C43H38N4/c1-43(2,3)38-21-14-22-39-42(38)45-41(31-15-8-5-9-16-31)40(44-39)32-23-25-36(26-24-32)47(35-19-12-7-13-20-35)37-29-27-34(28-30-37)46(4)33-17-10-6-11-18-33/h5-30H,1-4H3. The second-order valence-electron chi connectivity index (χ2n) is 12.8. The quantitative estimate of drug-likeness (QED) is 0.180. The maximum Gasteiger partial charge on any atom is 0.0973 e. The van der Waals surface area contributed by atoms with Crippen molar-refractivity contribution in [1.82, 2.24) is 9.97 Å². The van der Waals surface area contributed by atoms with Gasteiger partial charge in [0.15, 0.2) is 0 Å². The van der Waals surface area contributed by atoms with Crippen LogP contribution < -0.4 is 9.80 Å². The Balaban J connectivity index is 1.30. The van der Waals surface area contributed by atoms with Crippen LogP contribution in [0.2, 0.25) is 0 Å². The van der Waals surface area contributed by atoms with Crippen molar-refractivity contribution >= 4 is 39.5 Å². The van der Waals surface area contributed by atoms with Crippen LogP contribution in [0.5, 0.6) is 0 Å². The van der Waals surface area contributed by atoms with Gasteiger partial charge in [-0.2, -0.15) is 0 Å². The Morgan fingerprint density at radius 2 is 0.872 bits per heavy atom. The first-order valence-electron chi connectivity index (χ1n) is 16.1. The number of hydrogen-bond donors (Lipinski definition) is 0. The summed E-state index contributed by atoms with van der Waals surface area (Å²) in [6.07, 6.45) is 0. The van der Waals surface area contributed by atoms with Gasteiger partial charge in [-0.1, -0.05) is 112 Å². The highest BCUT2D eigenvalue weighted by Gasteiger charge is 2.21. The molecule has 0 bridgehead atoms. The first-order valence-corrected chi connectivity index (χ1v) is 16.1. The number of rotatable bonds is 7. The molecule has 0 aliphatic rings. The zero-order chi connectivity index (χ0) is 32.4. The van der Waals surface area contributed by atoms with Gasteiger partial charge in [0.05, 0.1) is 22.4 Å². The van der Waals surface area contributed by atoms with Gasteiger partial charge in [0.1, 0.15) is 0 Å². The van der Waals surface area contributed by atoms with Crippen LogP contribution in [0.4, 0.5) is 28.4 Å². The van der Waals surface area contributed by atoms with Crippen molar-refractivity contribution in [2.45, 2.75) is 26.2 Å². The molecule has 0 spiro atoms. The molecular formula is C43H38N4. The molecule has 0 radical (unpaired) electrons. The molecule has 7 aromatic rings. The van der Waals surface area contributed by atoms with Gasteiger partial charge < -0.3 is 9.80 Å². The summed E-state index contributed by atoms with van der Waals surface area (Å²) >= 11 is 0. The van der Waals surface area contributed by atoms with E-state index in [0.717, 1.165) is 62.0 Å². The Morgan fingerprint density at radius 1 is 0.426 bits per heavy atom. The lowest BCUT2D eigenvalue weighted by Crippen LogP contribution is -2.13. The molecule has 4 heteroatoms. The largest absolute Gasteiger partial charge is 0.345 e. The minimum absolute atomic E-state index is 0.0542. The van der Waals surface area contributed by atoms with E-state index in [-0.39, 0.29) is 5.41 Å². The van der Waals surface area contributed by atoms with Crippen LogP contribution in [0, 0.1) is 0 Å². The van der Waals surface area contributed by atoms with Crippen molar-refractivity contribution in [1.29, 1.82) is 0 Å². The molecule has 230 valence electrons. The molecule has 6 aromatic carbocycles. The summed E-state index contributed by atoms with van der Waals surface area (Å²) in [5, 5.41) is 0. The summed E-state index contributed by atoms with van der Waals surface area (Å²) in [6.45, 7) is 6.68. The van der Waals surface area contributed by atoms with Gasteiger partial charge in [-0.3, -0.25) is 0 Å². The van der Waals surface area contributed by atoms with Gasteiger partial charge in [0.2, 0.25) is 0 Å². The van der Waals surface area contributed by atoms with Crippen LogP contribution in [-0.2, 0) is 5.41 Å². The van der Waals surface area contributed by atoms with Gasteiger partial charge in [0, 0.05) is 46.6 Å². The third-order valence-corrected chi connectivity index (χ3v) is 8.60. The molecule has 4 nitrogen and oxygen atoms in total. The lowest BCUT2D eigenvalue weighted by Gasteiger charge is -2.27. The van der Waals surface area contributed by atoms with Crippen LogP contribution in [-0.4, -0.2) is 17.0 Å². The number of anilines is 5. The van der Waals surface area contributed by atoms with E-state index in [2.05, 4.69) is 183 Å². The highest BCUT2D eigenvalue weighted by molar-refractivity contribution is 5.89. The number of fused-ring (bicyclic) bond motifs is 1. The SMILES string of the molecule is CN(c1ccccc1)c1ccc(N(c2ccccc2)c2ccc(-c3nc4cccc(C(C)(C)C)c4nc3-c3ccccc3)cc2)cc1. The fraction of sp³-hybridized carbons (Fsp3) is 0.116. The average Bonchev–Trinajstić information content (AvgIpc) is 3.12. The molecule has 0 aliphatic carbocycles. The minimum Gasteiger partial charge on any atom is -0.345 e. The maximum absolute atomic E-state index is 5.31. The smallest absolute Gasteiger partial charge is 0.0973 e. The first kappa shape index (κ1) is 29.9. The Labute approximate surface area is 277 Å². The van der Waals surface area contributed by atoms with Crippen LogP contribution in [0.15, 0.2) is 158 Å². The Kier molecular flexibility index (Phi) is 8.01. The zero-order valence-corrected chi connectivity index (χ0v) is 27.3. The number of aromatic nitrogens is 2. The van der Waals surface area contributed by atoms with Crippen molar-refractivity contribution in [2.24, 2.45) is 0 Å². The predicted octanol–water partition coefficient (Wildman–Crippen LogP) is 11.5. The molecule has 0 amide bonds. The van der Waals surface area contributed by atoms with Crippen molar-refractivity contribution in [3.8, 4) is 22.5 Å². The maximum atomic E-state index is 5.31. The molecule has 0 saturated carbocycles. The summed E-state index contributed by atoms with van der Waals surface area (Å²) in [6, 6.07) is 55.1. The number of nitrogens with zero attached hydrogens (tertiary/aromatic N) is 4. The molecule has 47 heavy (non-hydrogen) atoms. The first-order chi connectivity index (χ1) is 22.9. The van der Waals surface area contributed by atoms with Crippen LogP contribution in [0.1, 0.15) is 26.3 Å². The highest BCUT2D eigenvalue weighted by atomic mass is 15.1. The molecule has 1 aromatic heterocycles. The van der Waals surface area contributed by atoms with Gasteiger partial charge >= 0.3 is 0 Å². The Bertz CT molecular complexity index is 2100. The van der Waals surface area contributed by atoms with E-state index in [1.54, 1.807) is 0 Å². The van der Waals surface area contributed by atoms with Gasteiger partial charge in [-0.05, 0) is 77.7 Å². The van der Waals surface area contributed by atoms with E-state index in [0.29, 0.717) is 0 Å². The molecule has 1 heterocycles. The third kappa shape index (κ3) is 6.10. The zero-order valence-electron chi connectivity index (χ0n) is 27.3. The van der Waals surface area contributed by atoms with Gasteiger partial charge in [0.25, 0.3) is 0 Å². The van der Waals surface area contributed by atoms with E-state index < -0.39 is 0 Å². The van der Waals surface area contributed by atoms with E-state index >= 15 is 0 Å². The van der Waals surface area contributed by atoms with E-state index in [9.17, 15) is 0 Å². The normalized spacial score (nSPS) is 11.4. The molecule has 0 fully saturated rings. The van der Waals surface area contributed by atoms with Gasteiger partial charge in [-0.15, -0.1) is 0 Å². The topological polar surface area (TPSA) is 32.3 Å². The Hall–Kier alpha value is -5.74. The van der Waals surface area contributed by atoms with Crippen molar-refractivity contribution in [3.63, 3.8) is 0 Å². The summed E-state index contributed by atoms with van der Waals surface area (Å²) in [5.74, 6) is 0. The molecule has 7 rings (SSSR count). The summed E-state index contributed by atoms with van der Waals surface area (Å²) in [5.41, 5.74) is 12.4. The summed E-state index contributed by atoms with van der Waals surface area (Å²) in [7, 11) is 2.10. The summed E-state index contributed by atoms with van der Waals surface area (Å²) < 4.78 is 0. The second-order valence-corrected chi connectivity index (χ2v) is 12.8. The number of para-hydroxylation sites is 3. The van der Waals surface area contributed by atoms with Crippen molar-refractivity contribution in [2.75, 3.05) is 16.8 Å². The van der Waals surface area contributed by atoms with Crippen molar-refractivity contribution < 1.29 is 0 Å². The molecule has 0 saturated heterocycles. The monoisotopic (exact) mass is 610 g/mol. The lowest BCUT2D eigenvalue weighted by molar-refractivity contribution is 0.594. The second kappa shape index (κ2) is 12.6. The molecule has 0 atom stereocenters. The number of benzene rings is 6. The fourth-order valence-corrected chi connectivity index (χ4v) is 6.10. The van der Waals surface area contributed by atoms with Crippen LogP contribution in [0.3, 0.4) is 0 Å². The van der Waals surface area contributed by atoms with Crippen molar-refractivity contribution in [3.05, 3.63) is 163 Å². The molecule has 0 unspecified atom stereocenters. The molecular weight excluding hydrogens is 573 g/mol. The molecule has 0 aliphatic heterocycles. The predicted molar refractivity (Wildman–Crippen MR) is 198 cm³/mol. The van der Waals surface area contributed by atoms with E-state index in [1.165, 1.54) is 5.56 Å². The van der Waals surface area contributed by atoms with Gasteiger partial charge in [-0.25, -0.2) is 9.97 Å². The van der Waals surface area contributed by atoms with Crippen LogP contribution >= 0.6 is 0 Å². The Morgan fingerprint density at radius 3 is 1.47 bits per heavy atom. The fourth-order valence-electron chi connectivity index (χ4n) is 6.10. The van der Waals surface area contributed by atoms with E-state index in [1.807, 2.05) is 12.1 Å². The average molecular weight is 611 g/mol. The highest BCUT2D eigenvalue weighted by Crippen LogP contribution is 2.39. The third-order valence-electron chi connectivity index (χ3n) is 8.60. The lowest BCUT2D eigenvalue weighted by atomic mass is 9.86. The van der Waals surface area contributed by atoms with E-state index in [4.69, 9.17) is 9.97 Å². The van der Waals surface area contributed by atoms with Crippen LogP contribution in [0.25, 0.3) is 33.5 Å². The molecule has 0 N–H and O–H groups in total. The minimum atomic E-state index is -0.0542. The number of hydrogen-bond acceptors (Lipinski definition) is 4. The summed E-state index contributed by atoms with van der Waals surface area (Å²) in [4.78, 5) is 15.1.